The zero-order chi connectivity index (χ0) is 17.8. The van der Waals surface area contributed by atoms with Crippen LogP contribution in [0.2, 0.25) is 0 Å². The van der Waals surface area contributed by atoms with Crippen LogP contribution in [-0.4, -0.2) is 45.2 Å². The number of aliphatic hydroxyl groups excluding tert-OH is 1. The number of aliphatic hydroxyl groups is 1. The quantitative estimate of drug-likeness (QED) is 0.437. The number of nitrogens with one attached hydrogen (secondary N) is 3. The monoisotopic (exact) mass is 360 g/mol. The molecule has 3 aromatic heterocycles. The van der Waals surface area contributed by atoms with Crippen molar-refractivity contribution < 1.29 is 19.8 Å². The Bertz CT molecular complexity index is 904. The van der Waals surface area contributed by atoms with Crippen LogP contribution in [-0.2, 0) is 4.79 Å². The number of aliphatic carboxylic acids is 1. The minimum Gasteiger partial charge on any atom is -0.481 e. The molecule has 0 spiro atoms. The van der Waals surface area contributed by atoms with Gasteiger partial charge in [-0.1, -0.05) is 0 Å². The number of H-pyrrole nitrogens is 1. The number of hydrogen-bond donors (Lipinski definition) is 5. The first-order valence-electron chi connectivity index (χ1n) is 7.48. The normalized spacial score (nSPS) is 12.0. The van der Waals surface area contributed by atoms with Crippen molar-refractivity contribution in [2.75, 3.05) is 18.5 Å². The number of aromatic amines is 1. The van der Waals surface area contributed by atoms with E-state index in [0.717, 1.165) is 16.7 Å². The Morgan fingerprint density at radius 2 is 2.12 bits per heavy atom. The molecule has 0 radical (unpaired) electrons. The zero-order valence-electron chi connectivity index (χ0n) is 13.0. The fraction of sp³-hybridized carbons (Fsp3) is 0.188. The second-order valence-corrected chi connectivity index (χ2v) is 6.23. The number of nitrogens with zero attached hydrogens (tertiary/aromatic N) is 1. The number of anilines is 2. The number of carboxylic acid groups (broad SMARTS) is 1. The van der Waals surface area contributed by atoms with E-state index in [-0.39, 0.29) is 6.54 Å². The van der Waals surface area contributed by atoms with Crippen molar-refractivity contribution in [2.24, 2.45) is 5.92 Å². The maximum absolute atomic E-state index is 12.3. The highest BCUT2D eigenvalue weighted by molar-refractivity contribution is 7.12. The van der Waals surface area contributed by atoms with Crippen LogP contribution in [0.3, 0.4) is 0 Å². The lowest BCUT2D eigenvalue weighted by atomic mass is 10.1. The third-order valence-electron chi connectivity index (χ3n) is 3.68. The van der Waals surface area contributed by atoms with Gasteiger partial charge in [0, 0.05) is 24.3 Å². The Hall–Kier alpha value is -2.91. The minimum absolute atomic E-state index is 0.140. The maximum atomic E-state index is 12.3. The molecule has 1 amide bonds. The van der Waals surface area contributed by atoms with Gasteiger partial charge in [0.25, 0.3) is 5.91 Å². The summed E-state index contributed by atoms with van der Waals surface area (Å²) in [6.45, 7) is -0.674. The summed E-state index contributed by atoms with van der Waals surface area (Å²) in [5.74, 6) is -2.57. The van der Waals surface area contributed by atoms with Crippen molar-refractivity contribution in [3.05, 3.63) is 40.8 Å². The van der Waals surface area contributed by atoms with Gasteiger partial charge in [0.15, 0.2) is 0 Å². The van der Waals surface area contributed by atoms with Crippen molar-refractivity contribution >= 4 is 45.6 Å². The van der Waals surface area contributed by atoms with Gasteiger partial charge < -0.3 is 25.8 Å². The van der Waals surface area contributed by atoms with E-state index < -0.39 is 24.4 Å². The zero-order valence-corrected chi connectivity index (χ0v) is 13.8. The summed E-state index contributed by atoms with van der Waals surface area (Å²) in [7, 11) is 0. The molecule has 0 saturated heterocycles. The lowest BCUT2D eigenvalue weighted by molar-refractivity contribution is -0.142. The van der Waals surface area contributed by atoms with Crippen molar-refractivity contribution in [3.8, 4) is 0 Å². The van der Waals surface area contributed by atoms with E-state index in [1.165, 1.54) is 11.3 Å². The van der Waals surface area contributed by atoms with Crippen molar-refractivity contribution in [1.82, 2.24) is 15.3 Å². The highest BCUT2D eigenvalue weighted by Crippen LogP contribution is 2.29. The molecule has 3 heterocycles. The molecule has 5 N–H and O–H groups in total. The molecule has 8 nitrogen and oxygen atoms in total. The third kappa shape index (κ3) is 3.62. The first kappa shape index (κ1) is 16.9. The van der Waals surface area contributed by atoms with E-state index in [9.17, 15) is 9.59 Å². The SMILES string of the molecule is O=C(NCC(CO)C(=O)O)c1sccc1Nc1ccnc2[nH]ccc12. The molecule has 3 aromatic rings. The number of carbonyl (C=O) groups is 2. The topological polar surface area (TPSA) is 127 Å². The van der Waals surface area contributed by atoms with Crippen LogP contribution >= 0.6 is 11.3 Å². The summed E-state index contributed by atoms with van der Waals surface area (Å²) in [6, 6.07) is 5.47. The fourth-order valence-electron chi connectivity index (χ4n) is 2.32. The highest BCUT2D eigenvalue weighted by atomic mass is 32.1. The Kier molecular flexibility index (Phi) is 4.96. The van der Waals surface area contributed by atoms with E-state index in [4.69, 9.17) is 10.2 Å². The molecule has 0 aliphatic heterocycles. The number of carboxylic acids is 1. The lowest BCUT2D eigenvalue weighted by Crippen LogP contribution is -2.34. The van der Waals surface area contributed by atoms with E-state index >= 15 is 0 Å². The van der Waals surface area contributed by atoms with Gasteiger partial charge in [-0.2, -0.15) is 0 Å². The molecule has 0 fully saturated rings. The molecule has 0 bridgehead atoms. The number of aromatic nitrogens is 2. The molecule has 0 saturated carbocycles. The summed E-state index contributed by atoms with van der Waals surface area (Å²) in [4.78, 5) is 30.9. The smallest absolute Gasteiger partial charge is 0.310 e. The number of pyridine rings is 1. The summed E-state index contributed by atoms with van der Waals surface area (Å²) in [5, 5.41) is 26.4. The lowest BCUT2D eigenvalue weighted by Gasteiger charge is -2.12. The van der Waals surface area contributed by atoms with Crippen molar-refractivity contribution in [1.29, 1.82) is 0 Å². The van der Waals surface area contributed by atoms with Gasteiger partial charge in [-0.05, 0) is 23.6 Å². The standard InChI is InChI=1S/C16H16N4O4S/c21-8-9(16(23)24)7-19-15(22)13-12(3-6-25-13)20-11-2-5-18-14-10(11)1-4-17-14/h1-6,9,21H,7-8H2,(H,19,22)(H,23,24)(H2,17,18,20). The van der Waals surface area contributed by atoms with Crippen LogP contribution in [0.1, 0.15) is 9.67 Å². The molecule has 1 unspecified atom stereocenters. The predicted molar refractivity (Wildman–Crippen MR) is 94.2 cm³/mol. The van der Waals surface area contributed by atoms with Gasteiger partial charge in [-0.3, -0.25) is 9.59 Å². The number of carbonyl (C=O) groups excluding carboxylic acids is 1. The van der Waals surface area contributed by atoms with E-state index in [0.29, 0.717) is 10.6 Å². The van der Waals surface area contributed by atoms with Crippen LogP contribution in [0.25, 0.3) is 11.0 Å². The molecular weight excluding hydrogens is 344 g/mol. The van der Waals surface area contributed by atoms with Gasteiger partial charge in [0.05, 0.1) is 23.9 Å². The van der Waals surface area contributed by atoms with Gasteiger partial charge in [-0.25, -0.2) is 4.98 Å². The van der Waals surface area contributed by atoms with Gasteiger partial charge >= 0.3 is 5.97 Å². The Morgan fingerprint density at radius 3 is 2.88 bits per heavy atom. The van der Waals surface area contributed by atoms with Crippen LogP contribution < -0.4 is 10.6 Å². The number of thiophene rings is 1. The number of amides is 1. The van der Waals surface area contributed by atoms with Crippen LogP contribution in [0, 0.1) is 5.92 Å². The first-order chi connectivity index (χ1) is 12.1. The summed E-state index contributed by atoms with van der Waals surface area (Å²) in [6.07, 6.45) is 3.44. The average Bonchev–Trinajstić information content (AvgIpc) is 3.24. The fourth-order valence-corrected chi connectivity index (χ4v) is 3.09. The Morgan fingerprint density at radius 1 is 1.28 bits per heavy atom. The van der Waals surface area contributed by atoms with Gasteiger partial charge in [-0.15, -0.1) is 11.3 Å². The predicted octanol–water partition coefficient (Wildman–Crippen LogP) is 1.79. The van der Waals surface area contributed by atoms with Crippen LogP contribution in [0.4, 0.5) is 11.4 Å². The summed E-state index contributed by atoms with van der Waals surface area (Å²) in [5.41, 5.74) is 2.16. The molecule has 25 heavy (non-hydrogen) atoms. The molecule has 0 aromatic carbocycles. The average molecular weight is 360 g/mol. The van der Waals surface area contributed by atoms with Gasteiger partial charge in [0.2, 0.25) is 0 Å². The molecule has 3 rings (SSSR count). The summed E-state index contributed by atoms with van der Waals surface area (Å²) >= 11 is 1.24. The largest absolute Gasteiger partial charge is 0.481 e. The number of fused-ring (bicyclic) bond motifs is 1. The van der Waals surface area contributed by atoms with E-state index in [1.807, 2.05) is 12.1 Å². The second-order valence-electron chi connectivity index (χ2n) is 5.31. The number of hydrogen-bond acceptors (Lipinski definition) is 6. The summed E-state index contributed by atoms with van der Waals surface area (Å²) < 4.78 is 0. The molecule has 0 aliphatic rings. The Balaban J connectivity index is 1.75. The number of rotatable bonds is 7. The van der Waals surface area contributed by atoms with E-state index in [2.05, 4.69) is 20.6 Å². The van der Waals surface area contributed by atoms with Gasteiger partial charge in [0.1, 0.15) is 10.5 Å². The minimum atomic E-state index is -1.15. The second kappa shape index (κ2) is 7.32. The van der Waals surface area contributed by atoms with E-state index in [1.54, 1.807) is 23.8 Å². The maximum Gasteiger partial charge on any atom is 0.310 e. The van der Waals surface area contributed by atoms with Crippen LogP contribution in [0.5, 0.6) is 0 Å². The molecule has 9 heteroatoms. The molecule has 130 valence electrons. The van der Waals surface area contributed by atoms with Crippen molar-refractivity contribution in [2.45, 2.75) is 0 Å². The molecule has 1 atom stereocenters. The molecule has 0 aliphatic carbocycles. The molecular formula is C16H16N4O4S. The van der Waals surface area contributed by atoms with Crippen LogP contribution in [0.15, 0.2) is 36.0 Å². The highest BCUT2D eigenvalue weighted by Gasteiger charge is 2.20. The first-order valence-corrected chi connectivity index (χ1v) is 8.36. The Labute approximate surface area is 146 Å². The third-order valence-corrected chi connectivity index (χ3v) is 4.59. The van der Waals surface area contributed by atoms with Crippen molar-refractivity contribution in [3.63, 3.8) is 0 Å².